The Morgan fingerprint density at radius 2 is 1.88 bits per heavy atom. The standard InChI is InChI=1S/C17H11ClFN5O/c18-15-14(21-11-7-5-10(19)6-8-11)9-20-24(16(15)25)17-22-12-3-1-2-4-13(12)23-17/h1-9,21H,(H,22,23). The number of hydrogen-bond acceptors (Lipinski definition) is 4. The molecule has 0 unspecified atom stereocenters. The SMILES string of the molecule is O=c1c(Cl)c(Nc2ccc(F)cc2)cnn1-c1nc2ccccc2[nH]1. The summed E-state index contributed by atoms with van der Waals surface area (Å²) in [5, 5.41) is 7.01. The third-order valence-electron chi connectivity index (χ3n) is 3.62. The van der Waals surface area contributed by atoms with Gasteiger partial charge in [0, 0.05) is 5.69 Å². The second kappa shape index (κ2) is 6.03. The van der Waals surface area contributed by atoms with E-state index in [9.17, 15) is 9.18 Å². The van der Waals surface area contributed by atoms with E-state index in [1.54, 1.807) is 0 Å². The second-order valence-electron chi connectivity index (χ2n) is 5.30. The van der Waals surface area contributed by atoms with Crippen molar-refractivity contribution >= 4 is 34.0 Å². The van der Waals surface area contributed by atoms with E-state index in [2.05, 4.69) is 20.4 Å². The molecule has 0 amide bonds. The molecule has 0 fully saturated rings. The van der Waals surface area contributed by atoms with Crippen molar-refractivity contribution in [3.8, 4) is 5.95 Å². The lowest BCUT2D eigenvalue weighted by Crippen LogP contribution is -2.23. The van der Waals surface area contributed by atoms with E-state index in [0.29, 0.717) is 11.4 Å². The molecular formula is C17H11ClFN5O. The van der Waals surface area contributed by atoms with Gasteiger partial charge in [-0.05, 0) is 36.4 Å². The molecule has 0 aliphatic carbocycles. The number of nitrogens with one attached hydrogen (secondary N) is 2. The molecule has 25 heavy (non-hydrogen) atoms. The molecule has 6 nitrogen and oxygen atoms in total. The summed E-state index contributed by atoms with van der Waals surface area (Å²) in [5.74, 6) is -0.0727. The molecule has 2 N–H and O–H groups in total. The lowest BCUT2D eigenvalue weighted by Gasteiger charge is -2.09. The maximum absolute atomic E-state index is 13.0. The highest BCUT2D eigenvalue weighted by Gasteiger charge is 2.13. The molecule has 0 aliphatic rings. The summed E-state index contributed by atoms with van der Waals surface area (Å²) < 4.78 is 14.1. The minimum absolute atomic E-state index is 0.0419. The Labute approximate surface area is 145 Å². The minimum atomic E-state index is -0.521. The quantitative estimate of drug-likeness (QED) is 0.588. The highest BCUT2D eigenvalue weighted by molar-refractivity contribution is 6.33. The highest BCUT2D eigenvalue weighted by Crippen LogP contribution is 2.22. The summed E-state index contributed by atoms with van der Waals surface area (Å²) in [6, 6.07) is 13.1. The smallest absolute Gasteiger partial charge is 0.295 e. The second-order valence-corrected chi connectivity index (χ2v) is 5.68. The van der Waals surface area contributed by atoms with Crippen LogP contribution in [0.2, 0.25) is 5.02 Å². The van der Waals surface area contributed by atoms with Crippen molar-refractivity contribution in [2.75, 3.05) is 5.32 Å². The molecule has 4 rings (SSSR count). The lowest BCUT2D eigenvalue weighted by atomic mass is 10.3. The van der Waals surface area contributed by atoms with Crippen LogP contribution in [0.1, 0.15) is 0 Å². The van der Waals surface area contributed by atoms with Gasteiger partial charge in [-0.1, -0.05) is 23.7 Å². The van der Waals surface area contributed by atoms with Crippen LogP contribution in [0, 0.1) is 5.82 Å². The van der Waals surface area contributed by atoms with Gasteiger partial charge in [0.2, 0.25) is 5.95 Å². The fourth-order valence-electron chi connectivity index (χ4n) is 2.40. The van der Waals surface area contributed by atoms with E-state index in [4.69, 9.17) is 11.6 Å². The van der Waals surface area contributed by atoms with E-state index < -0.39 is 5.56 Å². The first-order valence-corrected chi connectivity index (χ1v) is 7.75. The van der Waals surface area contributed by atoms with Crippen molar-refractivity contribution in [1.82, 2.24) is 19.7 Å². The molecule has 0 atom stereocenters. The molecule has 0 spiro atoms. The predicted molar refractivity (Wildman–Crippen MR) is 94.2 cm³/mol. The van der Waals surface area contributed by atoms with Crippen molar-refractivity contribution in [3.63, 3.8) is 0 Å². The van der Waals surface area contributed by atoms with Crippen molar-refractivity contribution in [3.05, 3.63) is 75.9 Å². The van der Waals surface area contributed by atoms with Gasteiger partial charge in [0.1, 0.15) is 10.8 Å². The van der Waals surface area contributed by atoms with E-state index in [1.165, 1.54) is 30.5 Å². The van der Waals surface area contributed by atoms with Crippen LogP contribution in [0.3, 0.4) is 0 Å². The number of rotatable bonds is 3. The number of halogens is 2. The van der Waals surface area contributed by atoms with Crippen LogP contribution in [0.5, 0.6) is 0 Å². The zero-order chi connectivity index (χ0) is 17.4. The van der Waals surface area contributed by atoms with Gasteiger partial charge < -0.3 is 10.3 Å². The summed E-state index contributed by atoms with van der Waals surface area (Å²) in [4.78, 5) is 19.9. The van der Waals surface area contributed by atoms with Crippen LogP contribution in [0.4, 0.5) is 15.8 Å². The van der Waals surface area contributed by atoms with Crippen molar-refractivity contribution < 1.29 is 4.39 Å². The lowest BCUT2D eigenvalue weighted by molar-refractivity contribution is 0.628. The average molecular weight is 356 g/mol. The molecule has 0 radical (unpaired) electrons. The molecule has 0 bridgehead atoms. The fraction of sp³-hybridized carbons (Fsp3) is 0. The minimum Gasteiger partial charge on any atom is -0.353 e. The molecule has 2 aromatic heterocycles. The first-order chi connectivity index (χ1) is 12.1. The van der Waals surface area contributed by atoms with Crippen LogP contribution in [-0.4, -0.2) is 19.7 Å². The van der Waals surface area contributed by atoms with Gasteiger partial charge in [0.05, 0.1) is 22.9 Å². The van der Waals surface area contributed by atoms with Crippen LogP contribution < -0.4 is 10.9 Å². The Balaban J connectivity index is 1.73. The van der Waals surface area contributed by atoms with Gasteiger partial charge in [-0.2, -0.15) is 9.78 Å². The van der Waals surface area contributed by atoms with Gasteiger partial charge in [0.25, 0.3) is 5.56 Å². The van der Waals surface area contributed by atoms with E-state index in [0.717, 1.165) is 15.7 Å². The number of para-hydroxylation sites is 2. The van der Waals surface area contributed by atoms with Gasteiger partial charge >= 0.3 is 0 Å². The maximum atomic E-state index is 13.0. The molecule has 8 heteroatoms. The third kappa shape index (κ3) is 2.85. The molecule has 2 aromatic carbocycles. The number of H-pyrrole nitrogens is 1. The van der Waals surface area contributed by atoms with Crippen LogP contribution >= 0.6 is 11.6 Å². The van der Waals surface area contributed by atoms with E-state index >= 15 is 0 Å². The number of fused-ring (bicyclic) bond motifs is 1. The Bertz CT molecular complexity index is 1090. The Morgan fingerprint density at radius 3 is 2.64 bits per heavy atom. The Hall–Kier alpha value is -3.19. The number of benzene rings is 2. The summed E-state index contributed by atoms with van der Waals surface area (Å²) in [7, 11) is 0. The summed E-state index contributed by atoms with van der Waals surface area (Å²) >= 11 is 6.18. The summed E-state index contributed by atoms with van der Waals surface area (Å²) in [5.41, 5.74) is 1.90. The average Bonchev–Trinajstić information content (AvgIpc) is 3.05. The van der Waals surface area contributed by atoms with Crippen molar-refractivity contribution in [2.45, 2.75) is 0 Å². The largest absolute Gasteiger partial charge is 0.353 e. The third-order valence-corrected chi connectivity index (χ3v) is 3.98. The van der Waals surface area contributed by atoms with Gasteiger partial charge in [-0.25, -0.2) is 9.37 Å². The first-order valence-electron chi connectivity index (χ1n) is 7.37. The van der Waals surface area contributed by atoms with Gasteiger partial charge in [-0.15, -0.1) is 0 Å². The zero-order valence-corrected chi connectivity index (χ0v) is 13.5. The predicted octanol–water partition coefficient (Wildman–Crippen LogP) is 3.64. The summed E-state index contributed by atoms with van der Waals surface area (Å²) in [6.07, 6.45) is 1.42. The van der Waals surface area contributed by atoms with Crippen molar-refractivity contribution in [2.24, 2.45) is 0 Å². The summed E-state index contributed by atoms with van der Waals surface area (Å²) in [6.45, 7) is 0. The monoisotopic (exact) mass is 355 g/mol. The first kappa shape index (κ1) is 15.3. The molecule has 0 saturated heterocycles. The number of nitrogens with zero attached hydrogens (tertiary/aromatic N) is 3. The molecule has 0 aliphatic heterocycles. The van der Waals surface area contributed by atoms with Crippen LogP contribution in [0.25, 0.3) is 17.0 Å². The fourth-order valence-corrected chi connectivity index (χ4v) is 2.58. The van der Waals surface area contributed by atoms with Crippen LogP contribution in [-0.2, 0) is 0 Å². The topological polar surface area (TPSA) is 75.6 Å². The maximum Gasteiger partial charge on any atom is 0.295 e. The molecule has 124 valence electrons. The Morgan fingerprint density at radius 1 is 1.12 bits per heavy atom. The molecule has 2 heterocycles. The molecule has 0 saturated carbocycles. The highest BCUT2D eigenvalue weighted by atomic mass is 35.5. The van der Waals surface area contributed by atoms with E-state index in [1.807, 2.05) is 24.3 Å². The van der Waals surface area contributed by atoms with Crippen LogP contribution in [0.15, 0.2) is 59.5 Å². The number of anilines is 2. The molecule has 4 aromatic rings. The van der Waals surface area contributed by atoms with Gasteiger partial charge in [-0.3, -0.25) is 4.79 Å². The number of imidazole rings is 1. The molecular weight excluding hydrogens is 345 g/mol. The van der Waals surface area contributed by atoms with Gasteiger partial charge in [0.15, 0.2) is 0 Å². The normalized spacial score (nSPS) is 11.0. The number of aromatic amines is 1. The zero-order valence-electron chi connectivity index (χ0n) is 12.7. The number of hydrogen-bond donors (Lipinski definition) is 2. The van der Waals surface area contributed by atoms with E-state index in [-0.39, 0.29) is 16.8 Å². The Kier molecular flexibility index (Phi) is 3.70. The number of aromatic nitrogens is 4. The van der Waals surface area contributed by atoms with Crippen molar-refractivity contribution in [1.29, 1.82) is 0 Å².